The molecule has 31 heavy (non-hydrogen) atoms. The van der Waals surface area contributed by atoms with E-state index in [0.717, 1.165) is 25.1 Å². The van der Waals surface area contributed by atoms with Crippen molar-refractivity contribution in [2.75, 3.05) is 11.9 Å². The smallest absolute Gasteiger partial charge is 0.461 e. The minimum Gasteiger partial charge on any atom is -0.461 e. The third-order valence-corrected chi connectivity index (χ3v) is 4.36. The summed E-state index contributed by atoms with van der Waals surface area (Å²) in [6.45, 7) is 4.10. The van der Waals surface area contributed by atoms with E-state index < -0.39 is 30.3 Å². The third-order valence-electron chi connectivity index (χ3n) is 4.00. The molecule has 1 aromatic heterocycles. The standard InChI is InChI=1S/C18H18ClF6N3O3/c1-4-28-15(13(19)14(27-28)16(29)30-5-2)11-7-6-10(26-9(3)17(20,21)22)8-12(11)31-18(23,24)25/h6-9,26H,4-5H2,1-3H3. The fourth-order valence-corrected chi connectivity index (χ4v) is 2.92. The van der Waals surface area contributed by atoms with Gasteiger partial charge in [-0.05, 0) is 32.9 Å². The van der Waals surface area contributed by atoms with Crippen molar-refractivity contribution in [1.82, 2.24) is 9.78 Å². The summed E-state index contributed by atoms with van der Waals surface area (Å²) in [4.78, 5) is 12.1. The maximum atomic E-state index is 13.0. The highest BCUT2D eigenvalue weighted by Gasteiger charge is 2.37. The predicted octanol–water partition coefficient (Wildman–Crippen LogP) is 5.66. The number of aromatic nitrogens is 2. The van der Waals surface area contributed by atoms with Crippen molar-refractivity contribution in [1.29, 1.82) is 0 Å². The molecule has 0 aliphatic heterocycles. The maximum Gasteiger partial charge on any atom is 0.573 e. The molecule has 0 spiro atoms. The van der Waals surface area contributed by atoms with Crippen molar-refractivity contribution >= 4 is 23.3 Å². The Bertz CT molecular complexity index is 943. The molecule has 13 heteroatoms. The fourth-order valence-electron chi connectivity index (χ4n) is 2.60. The highest BCUT2D eigenvalue weighted by molar-refractivity contribution is 6.36. The van der Waals surface area contributed by atoms with Crippen LogP contribution in [0, 0.1) is 0 Å². The number of alkyl halides is 6. The quantitative estimate of drug-likeness (QED) is 0.415. The zero-order chi connectivity index (χ0) is 23.6. The number of rotatable bonds is 7. The van der Waals surface area contributed by atoms with Crippen LogP contribution in [-0.4, -0.2) is 40.9 Å². The van der Waals surface area contributed by atoms with E-state index in [1.807, 2.05) is 0 Å². The lowest BCUT2D eigenvalue weighted by Gasteiger charge is -2.20. The highest BCUT2D eigenvalue weighted by Crippen LogP contribution is 2.41. The molecular weight excluding hydrogens is 456 g/mol. The van der Waals surface area contributed by atoms with Gasteiger partial charge in [0.15, 0.2) is 5.69 Å². The molecular formula is C18H18ClF6N3O3. The molecule has 1 unspecified atom stereocenters. The Morgan fingerprint density at radius 1 is 1.23 bits per heavy atom. The molecule has 6 nitrogen and oxygen atoms in total. The van der Waals surface area contributed by atoms with Gasteiger partial charge in [-0.15, -0.1) is 13.2 Å². The van der Waals surface area contributed by atoms with Crippen LogP contribution in [0.5, 0.6) is 5.75 Å². The second-order valence-corrected chi connectivity index (χ2v) is 6.59. The Kier molecular flexibility index (Phi) is 7.35. The number of anilines is 1. The Morgan fingerprint density at radius 3 is 2.39 bits per heavy atom. The van der Waals surface area contributed by atoms with E-state index in [1.165, 1.54) is 4.68 Å². The summed E-state index contributed by atoms with van der Waals surface area (Å²) in [6, 6.07) is 0.959. The van der Waals surface area contributed by atoms with E-state index in [2.05, 4.69) is 15.2 Å². The number of carbonyl (C=O) groups is 1. The largest absolute Gasteiger partial charge is 0.573 e. The number of esters is 1. The number of halogens is 7. The molecule has 0 bridgehead atoms. The van der Waals surface area contributed by atoms with Crippen LogP contribution in [0.15, 0.2) is 18.2 Å². The monoisotopic (exact) mass is 473 g/mol. The van der Waals surface area contributed by atoms with E-state index in [9.17, 15) is 31.1 Å². The first-order valence-electron chi connectivity index (χ1n) is 8.95. The van der Waals surface area contributed by atoms with Gasteiger partial charge in [0.2, 0.25) is 0 Å². The summed E-state index contributed by atoms with van der Waals surface area (Å²) in [6.07, 6.45) is -9.76. The summed E-state index contributed by atoms with van der Waals surface area (Å²) in [7, 11) is 0. The molecule has 2 aromatic rings. The van der Waals surface area contributed by atoms with Gasteiger partial charge >= 0.3 is 18.5 Å². The summed E-state index contributed by atoms with van der Waals surface area (Å²) in [5.41, 5.74) is -0.886. The van der Waals surface area contributed by atoms with Gasteiger partial charge in [0.25, 0.3) is 0 Å². The van der Waals surface area contributed by atoms with E-state index in [4.69, 9.17) is 16.3 Å². The van der Waals surface area contributed by atoms with Gasteiger partial charge in [-0.1, -0.05) is 11.6 Å². The Hall–Kier alpha value is -2.63. The van der Waals surface area contributed by atoms with Gasteiger partial charge in [-0.3, -0.25) is 4.68 Å². The summed E-state index contributed by atoms with van der Waals surface area (Å²) < 4.78 is 87.4. The molecule has 0 aliphatic carbocycles. The minimum absolute atomic E-state index is 0.0175. The van der Waals surface area contributed by atoms with E-state index in [0.29, 0.717) is 0 Å². The van der Waals surface area contributed by atoms with Gasteiger partial charge in [0.05, 0.1) is 12.3 Å². The molecule has 0 radical (unpaired) electrons. The summed E-state index contributed by atoms with van der Waals surface area (Å²) in [5, 5.41) is 5.76. The molecule has 1 N–H and O–H groups in total. The summed E-state index contributed by atoms with van der Waals surface area (Å²) >= 11 is 6.22. The van der Waals surface area contributed by atoms with Crippen LogP contribution in [0.2, 0.25) is 5.02 Å². The lowest BCUT2D eigenvalue weighted by Crippen LogP contribution is -2.33. The number of ether oxygens (including phenoxy) is 2. The molecule has 0 aliphatic rings. The molecule has 0 saturated carbocycles. The van der Waals surface area contributed by atoms with Crippen LogP contribution in [-0.2, 0) is 11.3 Å². The lowest BCUT2D eigenvalue weighted by atomic mass is 10.1. The summed E-state index contributed by atoms with van der Waals surface area (Å²) in [5.74, 6) is -1.70. The van der Waals surface area contributed by atoms with Crippen molar-refractivity contribution in [3.8, 4) is 17.0 Å². The zero-order valence-electron chi connectivity index (χ0n) is 16.5. The second kappa shape index (κ2) is 9.25. The van der Waals surface area contributed by atoms with Crippen molar-refractivity contribution in [2.24, 2.45) is 0 Å². The van der Waals surface area contributed by atoms with Crippen molar-refractivity contribution in [2.45, 2.75) is 45.9 Å². The first kappa shape index (κ1) is 24.6. The molecule has 0 amide bonds. The normalized spacial score (nSPS) is 13.1. The van der Waals surface area contributed by atoms with E-state index in [-0.39, 0.29) is 40.8 Å². The van der Waals surface area contributed by atoms with Crippen LogP contribution in [0.3, 0.4) is 0 Å². The molecule has 0 fully saturated rings. The Labute approximate surface area is 178 Å². The second-order valence-electron chi connectivity index (χ2n) is 6.21. The van der Waals surface area contributed by atoms with Crippen molar-refractivity contribution in [3.05, 3.63) is 28.9 Å². The Morgan fingerprint density at radius 2 is 1.87 bits per heavy atom. The lowest BCUT2D eigenvalue weighted by molar-refractivity contribution is -0.274. The van der Waals surface area contributed by atoms with Crippen molar-refractivity contribution < 1.29 is 40.6 Å². The molecule has 2 rings (SSSR count). The molecule has 1 atom stereocenters. The maximum absolute atomic E-state index is 13.0. The van der Waals surface area contributed by atoms with Crippen molar-refractivity contribution in [3.63, 3.8) is 0 Å². The number of hydrogen-bond donors (Lipinski definition) is 1. The Balaban J connectivity index is 2.61. The number of nitrogens with one attached hydrogen (secondary N) is 1. The minimum atomic E-state index is -5.14. The topological polar surface area (TPSA) is 65.4 Å². The number of benzene rings is 1. The first-order valence-corrected chi connectivity index (χ1v) is 9.33. The van der Waals surface area contributed by atoms with E-state index >= 15 is 0 Å². The van der Waals surface area contributed by atoms with Gasteiger partial charge in [-0.2, -0.15) is 18.3 Å². The first-order chi connectivity index (χ1) is 14.3. The predicted molar refractivity (Wildman–Crippen MR) is 100 cm³/mol. The van der Waals surface area contributed by atoms with Gasteiger partial charge < -0.3 is 14.8 Å². The SMILES string of the molecule is CCOC(=O)c1nn(CC)c(-c2ccc(NC(C)C(F)(F)F)cc2OC(F)(F)F)c1Cl. The van der Waals surface area contributed by atoms with Crippen LogP contribution < -0.4 is 10.1 Å². The number of aryl methyl sites for hydroxylation is 1. The number of hydrogen-bond acceptors (Lipinski definition) is 5. The highest BCUT2D eigenvalue weighted by atomic mass is 35.5. The average molecular weight is 474 g/mol. The van der Waals surface area contributed by atoms with Gasteiger partial charge in [0.1, 0.15) is 16.8 Å². The zero-order valence-corrected chi connectivity index (χ0v) is 17.2. The van der Waals surface area contributed by atoms with Gasteiger partial charge in [-0.25, -0.2) is 4.79 Å². The molecule has 0 saturated heterocycles. The molecule has 1 aromatic carbocycles. The third kappa shape index (κ3) is 5.96. The average Bonchev–Trinajstić information content (AvgIpc) is 2.96. The van der Waals surface area contributed by atoms with Crippen LogP contribution in [0.1, 0.15) is 31.3 Å². The van der Waals surface area contributed by atoms with E-state index in [1.54, 1.807) is 13.8 Å². The fraction of sp³-hybridized carbons (Fsp3) is 0.444. The van der Waals surface area contributed by atoms with Crippen LogP contribution in [0.4, 0.5) is 32.0 Å². The molecule has 172 valence electrons. The van der Waals surface area contributed by atoms with Crippen LogP contribution in [0.25, 0.3) is 11.3 Å². The number of nitrogens with zero attached hydrogens (tertiary/aromatic N) is 2. The number of carbonyl (C=O) groups excluding carboxylic acids is 1. The van der Waals surface area contributed by atoms with Gasteiger partial charge in [0, 0.05) is 23.9 Å². The van der Waals surface area contributed by atoms with Crippen LogP contribution >= 0.6 is 11.6 Å². The molecule has 1 heterocycles.